The monoisotopic (exact) mass is 437 g/mol. The molecule has 2 aliphatic heterocycles. The van der Waals surface area contributed by atoms with Gasteiger partial charge in [-0.15, -0.1) is 0 Å². The van der Waals surface area contributed by atoms with Gasteiger partial charge in [-0.3, -0.25) is 19.4 Å². The first kappa shape index (κ1) is 22.1. The number of likely N-dealkylation sites (tertiary alicyclic amines) is 1. The van der Waals surface area contributed by atoms with E-state index in [1.54, 1.807) is 7.11 Å². The topological polar surface area (TPSA) is 71.1 Å². The van der Waals surface area contributed by atoms with Crippen molar-refractivity contribution in [2.75, 3.05) is 44.8 Å². The minimum absolute atomic E-state index is 0.0193. The fourth-order valence-electron chi connectivity index (χ4n) is 4.42. The third kappa shape index (κ3) is 5.22. The number of carbonyl (C=O) groups is 2. The predicted octanol–water partition coefficient (Wildman–Crippen LogP) is 3.15. The van der Waals surface area contributed by atoms with Crippen LogP contribution in [-0.2, 0) is 9.59 Å². The van der Waals surface area contributed by atoms with E-state index in [4.69, 9.17) is 9.47 Å². The Kier molecular flexibility index (Phi) is 7.27. The molecule has 0 spiro atoms. The Balaban J connectivity index is 1.45. The van der Waals surface area contributed by atoms with E-state index >= 15 is 0 Å². The van der Waals surface area contributed by atoms with Crippen LogP contribution in [0.4, 0.5) is 5.69 Å². The second-order valence-electron chi connectivity index (χ2n) is 8.24. The highest BCUT2D eigenvalue weighted by Gasteiger charge is 2.27. The molecule has 7 nitrogen and oxygen atoms in total. The van der Waals surface area contributed by atoms with Crippen molar-refractivity contribution in [1.29, 1.82) is 0 Å². The minimum Gasteiger partial charge on any atom is -0.497 e. The van der Waals surface area contributed by atoms with Crippen molar-refractivity contribution in [2.24, 2.45) is 0 Å². The van der Waals surface area contributed by atoms with Crippen LogP contribution in [-0.4, -0.2) is 56.6 Å². The van der Waals surface area contributed by atoms with Crippen LogP contribution in [0.2, 0.25) is 0 Å². The summed E-state index contributed by atoms with van der Waals surface area (Å²) in [5.41, 5.74) is 1.80. The Labute approximate surface area is 189 Å². The van der Waals surface area contributed by atoms with Crippen molar-refractivity contribution >= 4 is 17.5 Å². The molecule has 1 saturated heterocycles. The van der Waals surface area contributed by atoms with Gasteiger partial charge >= 0.3 is 0 Å². The summed E-state index contributed by atoms with van der Waals surface area (Å²) >= 11 is 0. The Morgan fingerprint density at radius 1 is 1.09 bits per heavy atom. The molecule has 4 rings (SSSR count). The zero-order valence-corrected chi connectivity index (χ0v) is 18.6. The van der Waals surface area contributed by atoms with E-state index in [1.807, 2.05) is 36.4 Å². The average molecular weight is 438 g/mol. The van der Waals surface area contributed by atoms with Gasteiger partial charge in [0.15, 0.2) is 0 Å². The second-order valence-corrected chi connectivity index (χ2v) is 8.24. The molecular formula is C25H31N3O4. The third-order valence-corrected chi connectivity index (χ3v) is 6.16. The van der Waals surface area contributed by atoms with Crippen molar-refractivity contribution in [3.8, 4) is 11.5 Å². The molecule has 0 aromatic heterocycles. The molecule has 1 fully saturated rings. The molecular weight excluding hydrogens is 406 g/mol. The first-order valence-corrected chi connectivity index (χ1v) is 11.3. The molecule has 32 heavy (non-hydrogen) atoms. The summed E-state index contributed by atoms with van der Waals surface area (Å²) in [6.07, 6.45) is 3.83. The molecule has 2 amide bonds. The van der Waals surface area contributed by atoms with Gasteiger partial charge in [0.2, 0.25) is 11.8 Å². The van der Waals surface area contributed by atoms with Crippen LogP contribution in [0.15, 0.2) is 48.5 Å². The number of para-hydroxylation sites is 2. The molecule has 2 aromatic carbocycles. The van der Waals surface area contributed by atoms with Gasteiger partial charge in [-0.05, 0) is 55.8 Å². The number of rotatable bonds is 7. The molecule has 1 unspecified atom stereocenters. The van der Waals surface area contributed by atoms with Gasteiger partial charge < -0.3 is 14.8 Å². The summed E-state index contributed by atoms with van der Waals surface area (Å²) in [7, 11) is 1.66. The van der Waals surface area contributed by atoms with E-state index in [0.717, 1.165) is 24.4 Å². The van der Waals surface area contributed by atoms with E-state index in [2.05, 4.69) is 22.3 Å². The van der Waals surface area contributed by atoms with Crippen LogP contribution in [0.3, 0.4) is 0 Å². The Bertz CT molecular complexity index is 925. The van der Waals surface area contributed by atoms with Gasteiger partial charge in [-0.2, -0.15) is 0 Å². The molecule has 0 bridgehead atoms. The first-order chi connectivity index (χ1) is 15.7. The Morgan fingerprint density at radius 2 is 1.84 bits per heavy atom. The molecule has 1 atom stereocenters. The average Bonchev–Trinajstić information content (AvgIpc) is 2.99. The predicted molar refractivity (Wildman–Crippen MR) is 123 cm³/mol. The maximum absolute atomic E-state index is 12.9. The highest BCUT2D eigenvalue weighted by molar-refractivity contribution is 6.00. The molecule has 2 heterocycles. The number of benzene rings is 2. The number of anilines is 1. The van der Waals surface area contributed by atoms with Gasteiger partial charge in [-0.1, -0.05) is 30.7 Å². The second kappa shape index (κ2) is 10.5. The van der Waals surface area contributed by atoms with Gasteiger partial charge in [0.25, 0.3) is 0 Å². The lowest BCUT2D eigenvalue weighted by atomic mass is 10.0. The van der Waals surface area contributed by atoms with Crippen LogP contribution >= 0.6 is 0 Å². The van der Waals surface area contributed by atoms with Crippen LogP contribution < -0.4 is 19.7 Å². The maximum Gasteiger partial charge on any atom is 0.240 e. The van der Waals surface area contributed by atoms with Gasteiger partial charge in [0, 0.05) is 6.54 Å². The number of nitrogens with zero attached hydrogens (tertiary/aromatic N) is 2. The Hall–Kier alpha value is -3.06. The normalized spacial score (nSPS) is 17.7. The highest BCUT2D eigenvalue weighted by Crippen LogP contribution is 2.31. The summed E-state index contributed by atoms with van der Waals surface area (Å²) in [6, 6.07) is 15.5. The van der Waals surface area contributed by atoms with Crippen molar-refractivity contribution in [3.63, 3.8) is 0 Å². The number of piperidine rings is 1. The summed E-state index contributed by atoms with van der Waals surface area (Å²) < 4.78 is 11.0. The lowest BCUT2D eigenvalue weighted by Crippen LogP contribution is -2.44. The minimum atomic E-state index is -0.175. The number of hydrogen-bond acceptors (Lipinski definition) is 5. The number of fused-ring (bicyclic) bond motifs is 1. The number of nitrogens with one attached hydrogen (secondary N) is 1. The standard InChI is InChI=1S/C25H31N3O4/c1-31-20-11-9-19(10-12-20)22(27-14-5-2-6-15-27)17-26-24(29)18-28-21-7-3-4-8-23(21)32-16-13-25(28)30/h3-4,7-12,22H,2,5-6,13-18H2,1H3,(H,26,29). The number of hydrogen-bond donors (Lipinski definition) is 1. The smallest absolute Gasteiger partial charge is 0.240 e. The summed E-state index contributed by atoms with van der Waals surface area (Å²) in [6.45, 7) is 2.83. The fraction of sp³-hybridized carbons (Fsp3) is 0.440. The molecule has 0 saturated carbocycles. The van der Waals surface area contributed by atoms with E-state index < -0.39 is 0 Å². The SMILES string of the molecule is COc1ccc(C(CNC(=O)CN2C(=O)CCOc3ccccc32)N2CCCCC2)cc1. The van der Waals surface area contributed by atoms with Crippen LogP contribution in [0.1, 0.15) is 37.3 Å². The quantitative estimate of drug-likeness (QED) is 0.721. The zero-order valence-electron chi connectivity index (χ0n) is 18.6. The maximum atomic E-state index is 12.9. The zero-order chi connectivity index (χ0) is 22.3. The van der Waals surface area contributed by atoms with Gasteiger partial charge in [0.1, 0.15) is 18.0 Å². The molecule has 7 heteroatoms. The fourth-order valence-corrected chi connectivity index (χ4v) is 4.42. The van der Waals surface area contributed by atoms with Crippen molar-refractivity contribution < 1.29 is 19.1 Å². The van der Waals surface area contributed by atoms with Crippen molar-refractivity contribution in [2.45, 2.75) is 31.7 Å². The van der Waals surface area contributed by atoms with Crippen LogP contribution in [0, 0.1) is 0 Å². The molecule has 2 aromatic rings. The van der Waals surface area contributed by atoms with E-state index in [0.29, 0.717) is 24.6 Å². The molecule has 0 radical (unpaired) electrons. The third-order valence-electron chi connectivity index (χ3n) is 6.16. The lowest BCUT2D eigenvalue weighted by Gasteiger charge is -2.35. The summed E-state index contributed by atoms with van der Waals surface area (Å²) in [5.74, 6) is 1.17. The number of methoxy groups -OCH3 is 1. The summed E-state index contributed by atoms with van der Waals surface area (Å²) in [5, 5.41) is 3.08. The van der Waals surface area contributed by atoms with Crippen molar-refractivity contribution in [3.05, 3.63) is 54.1 Å². The van der Waals surface area contributed by atoms with Crippen LogP contribution in [0.25, 0.3) is 0 Å². The molecule has 0 aliphatic carbocycles. The lowest BCUT2D eigenvalue weighted by molar-refractivity contribution is -0.124. The molecule has 170 valence electrons. The number of amides is 2. The number of carbonyl (C=O) groups excluding carboxylic acids is 2. The molecule has 2 aliphatic rings. The molecule has 1 N–H and O–H groups in total. The Morgan fingerprint density at radius 3 is 2.59 bits per heavy atom. The van der Waals surface area contributed by atoms with Crippen LogP contribution in [0.5, 0.6) is 11.5 Å². The van der Waals surface area contributed by atoms with E-state index in [1.165, 1.54) is 24.2 Å². The largest absolute Gasteiger partial charge is 0.497 e. The van der Waals surface area contributed by atoms with Crippen molar-refractivity contribution in [1.82, 2.24) is 10.2 Å². The van der Waals surface area contributed by atoms with Gasteiger partial charge in [-0.25, -0.2) is 0 Å². The summed E-state index contributed by atoms with van der Waals surface area (Å²) in [4.78, 5) is 29.5. The van der Waals surface area contributed by atoms with Gasteiger partial charge in [0.05, 0.1) is 31.9 Å². The first-order valence-electron chi connectivity index (χ1n) is 11.3. The highest BCUT2D eigenvalue weighted by atomic mass is 16.5. The van der Waals surface area contributed by atoms with E-state index in [-0.39, 0.29) is 30.8 Å². The van der Waals surface area contributed by atoms with E-state index in [9.17, 15) is 9.59 Å². The number of ether oxygens (including phenoxy) is 2.